The Morgan fingerprint density at radius 1 is 1.08 bits per heavy atom. The van der Waals surface area contributed by atoms with E-state index in [1.807, 2.05) is 17.9 Å². The van der Waals surface area contributed by atoms with Crippen molar-refractivity contribution in [3.8, 4) is 0 Å². The highest BCUT2D eigenvalue weighted by Gasteiger charge is 2.16. The van der Waals surface area contributed by atoms with Crippen molar-refractivity contribution in [1.82, 2.24) is 20.1 Å². The van der Waals surface area contributed by atoms with Gasteiger partial charge in [0, 0.05) is 55.9 Å². The summed E-state index contributed by atoms with van der Waals surface area (Å²) in [6, 6.07) is 10.7. The Kier molecular flexibility index (Phi) is 4.65. The average molecular weight is 335 g/mol. The number of fused-ring (bicyclic) bond motifs is 1. The van der Waals surface area contributed by atoms with Crippen LogP contribution >= 0.6 is 0 Å². The highest BCUT2D eigenvalue weighted by Crippen LogP contribution is 2.26. The van der Waals surface area contributed by atoms with Gasteiger partial charge in [0.2, 0.25) is 0 Å². The molecule has 1 N–H and O–H groups in total. The van der Waals surface area contributed by atoms with Gasteiger partial charge in [-0.1, -0.05) is 18.2 Å². The molecule has 130 valence electrons. The average Bonchev–Trinajstić information content (AvgIpc) is 3.07. The van der Waals surface area contributed by atoms with E-state index in [4.69, 9.17) is 4.98 Å². The molecule has 0 bridgehead atoms. The van der Waals surface area contributed by atoms with E-state index in [9.17, 15) is 0 Å². The van der Waals surface area contributed by atoms with Crippen molar-refractivity contribution in [2.24, 2.45) is 7.05 Å². The van der Waals surface area contributed by atoms with Gasteiger partial charge in [-0.2, -0.15) is 5.10 Å². The fourth-order valence-electron chi connectivity index (χ4n) is 3.56. The monoisotopic (exact) mass is 335 g/mol. The fourth-order valence-corrected chi connectivity index (χ4v) is 3.56. The van der Waals surface area contributed by atoms with Gasteiger partial charge in [0.1, 0.15) is 5.82 Å². The number of hydrogen-bond acceptors (Lipinski definition) is 4. The van der Waals surface area contributed by atoms with E-state index in [2.05, 4.69) is 51.8 Å². The summed E-state index contributed by atoms with van der Waals surface area (Å²) in [4.78, 5) is 7.45. The van der Waals surface area contributed by atoms with Crippen LogP contribution in [0.1, 0.15) is 30.4 Å². The lowest BCUT2D eigenvalue weighted by molar-refractivity contribution is 0.570. The molecule has 0 radical (unpaired) electrons. The number of anilines is 1. The third kappa shape index (κ3) is 3.66. The van der Waals surface area contributed by atoms with Crippen molar-refractivity contribution >= 4 is 16.7 Å². The standard InChI is InChI=1S/C20H25N5/c1-24-15-16(13-22-24)12-21-14-18-11-17-7-3-4-8-19(17)23-20(18)25-9-5-2-6-10-25/h3-4,7-8,11,13,15,21H,2,5-6,9-10,12,14H2,1H3. The van der Waals surface area contributed by atoms with Gasteiger partial charge >= 0.3 is 0 Å². The number of hydrogen-bond donors (Lipinski definition) is 1. The summed E-state index contributed by atoms with van der Waals surface area (Å²) in [5.41, 5.74) is 3.57. The zero-order valence-corrected chi connectivity index (χ0v) is 14.8. The molecule has 1 aliphatic heterocycles. The van der Waals surface area contributed by atoms with Gasteiger partial charge in [0.25, 0.3) is 0 Å². The maximum absolute atomic E-state index is 5.00. The number of aromatic nitrogens is 3. The van der Waals surface area contributed by atoms with Crippen molar-refractivity contribution in [1.29, 1.82) is 0 Å². The van der Waals surface area contributed by atoms with Crippen LogP contribution in [0.15, 0.2) is 42.7 Å². The van der Waals surface area contributed by atoms with Crippen LogP contribution in [0.5, 0.6) is 0 Å². The third-order valence-corrected chi connectivity index (χ3v) is 4.84. The Morgan fingerprint density at radius 3 is 2.72 bits per heavy atom. The minimum atomic E-state index is 0.818. The summed E-state index contributed by atoms with van der Waals surface area (Å²) in [7, 11) is 1.95. The van der Waals surface area contributed by atoms with Gasteiger partial charge < -0.3 is 10.2 Å². The first-order chi connectivity index (χ1) is 12.3. The van der Waals surface area contributed by atoms with E-state index in [0.29, 0.717) is 0 Å². The van der Waals surface area contributed by atoms with Crippen LogP contribution in [0, 0.1) is 0 Å². The van der Waals surface area contributed by atoms with Gasteiger partial charge in [-0.15, -0.1) is 0 Å². The number of piperidine rings is 1. The lowest BCUT2D eigenvalue weighted by Gasteiger charge is -2.30. The summed E-state index contributed by atoms with van der Waals surface area (Å²) in [5.74, 6) is 1.15. The normalized spacial score (nSPS) is 15.0. The summed E-state index contributed by atoms with van der Waals surface area (Å²) >= 11 is 0. The molecule has 4 rings (SSSR count). The van der Waals surface area contributed by atoms with E-state index < -0.39 is 0 Å². The lowest BCUT2D eigenvalue weighted by atomic mass is 10.1. The smallest absolute Gasteiger partial charge is 0.133 e. The van der Waals surface area contributed by atoms with E-state index in [0.717, 1.165) is 37.5 Å². The Bertz CT molecular complexity index is 848. The Labute approximate surface area is 148 Å². The van der Waals surface area contributed by atoms with Crippen molar-refractivity contribution < 1.29 is 0 Å². The largest absolute Gasteiger partial charge is 0.356 e. The minimum absolute atomic E-state index is 0.818. The van der Waals surface area contributed by atoms with Crippen LogP contribution < -0.4 is 10.2 Å². The summed E-state index contributed by atoms with van der Waals surface area (Å²) in [6.07, 6.45) is 7.82. The third-order valence-electron chi connectivity index (χ3n) is 4.84. The molecule has 0 saturated carbocycles. The first-order valence-corrected chi connectivity index (χ1v) is 9.11. The first-order valence-electron chi connectivity index (χ1n) is 9.11. The number of rotatable bonds is 5. The molecule has 1 saturated heterocycles. The number of nitrogens with one attached hydrogen (secondary N) is 1. The van der Waals surface area contributed by atoms with E-state index in [-0.39, 0.29) is 0 Å². The molecule has 3 heterocycles. The molecule has 2 aromatic heterocycles. The number of pyridine rings is 1. The van der Waals surface area contributed by atoms with Crippen LogP contribution in [-0.4, -0.2) is 27.9 Å². The summed E-state index contributed by atoms with van der Waals surface area (Å²) in [6.45, 7) is 3.86. The molecule has 0 atom stereocenters. The van der Waals surface area contributed by atoms with Crippen molar-refractivity contribution in [2.75, 3.05) is 18.0 Å². The molecular formula is C20H25N5. The van der Waals surface area contributed by atoms with Crippen molar-refractivity contribution in [2.45, 2.75) is 32.4 Å². The molecule has 0 unspecified atom stereocenters. The SMILES string of the molecule is Cn1cc(CNCc2cc3ccccc3nc2N2CCCCC2)cn1. The van der Waals surface area contributed by atoms with E-state index >= 15 is 0 Å². The van der Waals surface area contributed by atoms with Crippen LogP contribution in [0.4, 0.5) is 5.82 Å². The van der Waals surface area contributed by atoms with Crippen LogP contribution in [0.25, 0.3) is 10.9 Å². The Morgan fingerprint density at radius 2 is 1.92 bits per heavy atom. The summed E-state index contributed by atoms with van der Waals surface area (Å²) in [5, 5.41) is 9.00. The van der Waals surface area contributed by atoms with Gasteiger partial charge in [-0.25, -0.2) is 4.98 Å². The molecule has 3 aromatic rings. The molecule has 0 aliphatic carbocycles. The molecule has 5 heteroatoms. The van der Waals surface area contributed by atoms with Crippen LogP contribution in [0.2, 0.25) is 0 Å². The highest BCUT2D eigenvalue weighted by molar-refractivity contribution is 5.81. The fraction of sp³-hybridized carbons (Fsp3) is 0.400. The molecule has 5 nitrogen and oxygen atoms in total. The number of para-hydroxylation sites is 1. The second-order valence-electron chi connectivity index (χ2n) is 6.84. The highest BCUT2D eigenvalue weighted by atomic mass is 15.2. The molecule has 25 heavy (non-hydrogen) atoms. The van der Waals surface area contributed by atoms with Gasteiger partial charge in [0.15, 0.2) is 0 Å². The van der Waals surface area contributed by atoms with E-state index in [1.165, 1.54) is 35.8 Å². The number of nitrogens with zero attached hydrogens (tertiary/aromatic N) is 4. The maximum atomic E-state index is 5.00. The van der Waals surface area contributed by atoms with Crippen LogP contribution in [0.3, 0.4) is 0 Å². The molecule has 0 amide bonds. The zero-order chi connectivity index (χ0) is 17.1. The molecule has 0 spiro atoms. The lowest BCUT2D eigenvalue weighted by Crippen LogP contribution is -2.31. The number of benzene rings is 1. The quantitative estimate of drug-likeness (QED) is 0.777. The first kappa shape index (κ1) is 16.1. The number of aryl methyl sites for hydroxylation is 1. The van der Waals surface area contributed by atoms with E-state index in [1.54, 1.807) is 0 Å². The van der Waals surface area contributed by atoms with Gasteiger partial charge in [-0.05, 0) is 31.4 Å². The predicted molar refractivity (Wildman–Crippen MR) is 102 cm³/mol. The maximum Gasteiger partial charge on any atom is 0.133 e. The second kappa shape index (κ2) is 7.23. The Hall–Kier alpha value is -2.40. The summed E-state index contributed by atoms with van der Waals surface area (Å²) < 4.78 is 1.84. The predicted octanol–water partition coefficient (Wildman–Crippen LogP) is 3.25. The molecular weight excluding hydrogens is 310 g/mol. The second-order valence-corrected chi connectivity index (χ2v) is 6.84. The van der Waals surface area contributed by atoms with Gasteiger partial charge in [0.05, 0.1) is 11.7 Å². The molecule has 1 fully saturated rings. The van der Waals surface area contributed by atoms with Crippen molar-refractivity contribution in [3.63, 3.8) is 0 Å². The molecule has 1 aliphatic rings. The Balaban J connectivity index is 1.58. The zero-order valence-electron chi connectivity index (χ0n) is 14.8. The van der Waals surface area contributed by atoms with Crippen LogP contribution in [-0.2, 0) is 20.1 Å². The topological polar surface area (TPSA) is 46.0 Å². The van der Waals surface area contributed by atoms with Crippen molar-refractivity contribution in [3.05, 3.63) is 53.9 Å². The molecule has 1 aromatic carbocycles. The van der Waals surface area contributed by atoms with Gasteiger partial charge in [-0.3, -0.25) is 4.68 Å². The minimum Gasteiger partial charge on any atom is -0.356 e.